The minimum atomic E-state index is -3.70. The van der Waals surface area contributed by atoms with Crippen molar-refractivity contribution >= 4 is 27.2 Å². The summed E-state index contributed by atoms with van der Waals surface area (Å²) in [4.78, 5) is 4.44. The molecule has 0 saturated heterocycles. The van der Waals surface area contributed by atoms with Crippen LogP contribution in [-0.4, -0.2) is 20.5 Å². The number of aryl methyl sites for hydroxylation is 2. The molecule has 0 spiro atoms. The van der Waals surface area contributed by atoms with Crippen LogP contribution in [0.25, 0.3) is 0 Å². The maximum atomic E-state index is 12.6. The highest BCUT2D eigenvalue weighted by Gasteiger charge is 2.16. The van der Waals surface area contributed by atoms with Gasteiger partial charge in [0.25, 0.3) is 10.0 Å². The predicted octanol–water partition coefficient (Wildman–Crippen LogP) is 4.25. The van der Waals surface area contributed by atoms with Gasteiger partial charge in [-0.05, 0) is 67.4 Å². The van der Waals surface area contributed by atoms with Gasteiger partial charge in [-0.3, -0.25) is 4.72 Å². The molecular weight excluding hydrogens is 362 g/mol. The number of ether oxygens (including phenoxy) is 1. The molecule has 0 aliphatic carbocycles. The molecule has 0 saturated carbocycles. The number of hydrogen-bond acceptors (Lipinski definition) is 5. The molecule has 1 aromatic heterocycles. The van der Waals surface area contributed by atoms with Crippen LogP contribution in [0.5, 0.6) is 5.75 Å². The molecule has 3 aromatic rings. The Hall–Kier alpha value is -3.06. The van der Waals surface area contributed by atoms with Crippen molar-refractivity contribution in [2.75, 3.05) is 17.1 Å². The van der Waals surface area contributed by atoms with Crippen molar-refractivity contribution in [3.8, 4) is 5.75 Å². The van der Waals surface area contributed by atoms with Crippen LogP contribution in [0.2, 0.25) is 0 Å². The largest absolute Gasteiger partial charge is 0.496 e. The monoisotopic (exact) mass is 383 g/mol. The average molecular weight is 383 g/mol. The number of pyridine rings is 1. The van der Waals surface area contributed by atoms with Crippen molar-refractivity contribution in [3.05, 3.63) is 71.9 Å². The second-order valence-corrected chi connectivity index (χ2v) is 7.85. The first-order chi connectivity index (χ1) is 12.9. The Kier molecular flexibility index (Phi) is 5.32. The zero-order valence-electron chi connectivity index (χ0n) is 15.4. The molecule has 3 rings (SSSR count). The number of methoxy groups -OCH3 is 1. The standard InChI is InChI=1S/C20H21N3O3S/c1-14-5-4-6-16(11-14)22-20-10-7-17(13-21-20)23-27(24,25)18-8-9-19(26-3)15(2)12-18/h4-13,23H,1-3H3,(H,21,22). The SMILES string of the molecule is COc1ccc(S(=O)(=O)Nc2ccc(Nc3cccc(C)c3)nc2)cc1C. The van der Waals surface area contributed by atoms with Crippen molar-refractivity contribution in [2.24, 2.45) is 0 Å². The Morgan fingerprint density at radius 1 is 0.963 bits per heavy atom. The average Bonchev–Trinajstić information content (AvgIpc) is 2.63. The van der Waals surface area contributed by atoms with E-state index in [9.17, 15) is 8.42 Å². The van der Waals surface area contributed by atoms with E-state index in [4.69, 9.17) is 4.74 Å². The van der Waals surface area contributed by atoms with Crippen LogP contribution in [-0.2, 0) is 10.0 Å². The minimum Gasteiger partial charge on any atom is -0.496 e. The number of rotatable bonds is 6. The lowest BCUT2D eigenvalue weighted by molar-refractivity contribution is 0.411. The lowest BCUT2D eigenvalue weighted by Gasteiger charge is -2.11. The third-order valence-electron chi connectivity index (χ3n) is 3.98. The molecule has 27 heavy (non-hydrogen) atoms. The van der Waals surface area contributed by atoms with Crippen LogP contribution < -0.4 is 14.8 Å². The van der Waals surface area contributed by atoms with Gasteiger partial charge in [0.2, 0.25) is 0 Å². The number of benzene rings is 2. The number of sulfonamides is 1. The summed E-state index contributed by atoms with van der Waals surface area (Å²) in [5.74, 6) is 1.27. The van der Waals surface area contributed by atoms with Gasteiger partial charge in [0.05, 0.1) is 23.9 Å². The van der Waals surface area contributed by atoms with Crippen molar-refractivity contribution < 1.29 is 13.2 Å². The quantitative estimate of drug-likeness (QED) is 0.665. The maximum Gasteiger partial charge on any atom is 0.261 e. The zero-order chi connectivity index (χ0) is 19.4. The van der Waals surface area contributed by atoms with Crippen molar-refractivity contribution in [3.63, 3.8) is 0 Å². The molecule has 2 aromatic carbocycles. The highest BCUT2D eigenvalue weighted by Crippen LogP contribution is 2.23. The van der Waals surface area contributed by atoms with Crippen molar-refractivity contribution in [1.82, 2.24) is 4.98 Å². The number of nitrogens with zero attached hydrogens (tertiary/aromatic N) is 1. The van der Waals surface area contributed by atoms with E-state index in [0.717, 1.165) is 16.8 Å². The van der Waals surface area contributed by atoms with Gasteiger partial charge in [0.15, 0.2) is 0 Å². The van der Waals surface area contributed by atoms with Crippen molar-refractivity contribution in [1.29, 1.82) is 0 Å². The summed E-state index contributed by atoms with van der Waals surface area (Å²) in [7, 11) is -2.16. The third-order valence-corrected chi connectivity index (χ3v) is 5.36. The molecule has 0 aliphatic rings. The van der Waals surface area contributed by atoms with Gasteiger partial charge < -0.3 is 10.1 Å². The smallest absolute Gasteiger partial charge is 0.261 e. The fourth-order valence-corrected chi connectivity index (χ4v) is 3.76. The molecule has 0 bridgehead atoms. The van der Waals surface area contributed by atoms with E-state index in [1.54, 1.807) is 38.3 Å². The van der Waals surface area contributed by atoms with Crippen LogP contribution in [0, 0.1) is 13.8 Å². The summed E-state index contributed by atoms with van der Waals surface area (Å²) < 4.78 is 32.9. The molecule has 140 valence electrons. The van der Waals surface area contributed by atoms with Gasteiger partial charge in [-0.1, -0.05) is 12.1 Å². The lowest BCUT2D eigenvalue weighted by Crippen LogP contribution is -2.13. The summed E-state index contributed by atoms with van der Waals surface area (Å²) >= 11 is 0. The van der Waals surface area contributed by atoms with E-state index in [-0.39, 0.29) is 4.90 Å². The Bertz CT molecular complexity index is 1050. The van der Waals surface area contributed by atoms with E-state index in [0.29, 0.717) is 17.3 Å². The summed E-state index contributed by atoms with van der Waals surface area (Å²) in [6.45, 7) is 3.81. The second kappa shape index (κ2) is 7.67. The Labute approximate surface area is 159 Å². The van der Waals surface area contributed by atoms with Gasteiger partial charge >= 0.3 is 0 Å². The lowest BCUT2D eigenvalue weighted by atomic mass is 10.2. The summed E-state index contributed by atoms with van der Waals surface area (Å²) in [6.07, 6.45) is 1.48. The molecule has 7 heteroatoms. The van der Waals surface area contributed by atoms with Gasteiger partial charge in [0, 0.05) is 5.69 Å². The molecule has 0 radical (unpaired) electrons. The molecule has 0 fully saturated rings. The van der Waals surface area contributed by atoms with Gasteiger partial charge in [-0.2, -0.15) is 0 Å². The summed E-state index contributed by atoms with van der Waals surface area (Å²) in [6, 6.07) is 16.0. The zero-order valence-corrected chi connectivity index (χ0v) is 16.2. The molecule has 0 atom stereocenters. The van der Waals surface area contributed by atoms with Crippen molar-refractivity contribution in [2.45, 2.75) is 18.7 Å². The number of anilines is 3. The number of hydrogen-bond donors (Lipinski definition) is 2. The van der Waals surface area contributed by atoms with Crippen LogP contribution in [0.4, 0.5) is 17.2 Å². The van der Waals surface area contributed by atoms with Crippen LogP contribution in [0.1, 0.15) is 11.1 Å². The third kappa shape index (κ3) is 4.57. The molecule has 6 nitrogen and oxygen atoms in total. The van der Waals surface area contributed by atoms with Gasteiger partial charge in [0.1, 0.15) is 11.6 Å². The van der Waals surface area contributed by atoms with Crippen LogP contribution in [0.3, 0.4) is 0 Å². The first-order valence-corrected chi connectivity index (χ1v) is 9.83. The first-order valence-electron chi connectivity index (χ1n) is 8.34. The predicted molar refractivity (Wildman–Crippen MR) is 107 cm³/mol. The fraction of sp³-hybridized carbons (Fsp3) is 0.150. The van der Waals surface area contributed by atoms with Crippen LogP contribution >= 0.6 is 0 Å². The van der Waals surface area contributed by atoms with E-state index < -0.39 is 10.0 Å². The molecule has 0 amide bonds. The molecule has 0 aliphatic heterocycles. The van der Waals surface area contributed by atoms with E-state index in [1.165, 1.54) is 12.3 Å². The number of aromatic nitrogens is 1. The van der Waals surface area contributed by atoms with Gasteiger partial charge in [-0.15, -0.1) is 0 Å². The summed E-state index contributed by atoms with van der Waals surface area (Å²) in [5, 5.41) is 3.18. The minimum absolute atomic E-state index is 0.169. The normalized spacial score (nSPS) is 11.1. The molecule has 1 heterocycles. The van der Waals surface area contributed by atoms with E-state index >= 15 is 0 Å². The number of nitrogens with one attached hydrogen (secondary N) is 2. The fourth-order valence-electron chi connectivity index (χ4n) is 2.63. The molecule has 2 N–H and O–H groups in total. The highest BCUT2D eigenvalue weighted by molar-refractivity contribution is 7.92. The maximum absolute atomic E-state index is 12.6. The van der Waals surface area contributed by atoms with Crippen LogP contribution in [0.15, 0.2) is 65.7 Å². The second-order valence-electron chi connectivity index (χ2n) is 6.16. The molecular formula is C20H21N3O3S. The van der Waals surface area contributed by atoms with E-state index in [2.05, 4.69) is 15.0 Å². The Balaban J connectivity index is 1.74. The van der Waals surface area contributed by atoms with Gasteiger partial charge in [-0.25, -0.2) is 13.4 Å². The highest BCUT2D eigenvalue weighted by atomic mass is 32.2. The van der Waals surface area contributed by atoms with E-state index in [1.807, 2.05) is 31.2 Å². The topological polar surface area (TPSA) is 80.3 Å². The summed E-state index contributed by atoms with van der Waals surface area (Å²) in [5.41, 5.74) is 3.19. The first kappa shape index (κ1) is 18.7. The molecule has 0 unspecified atom stereocenters. The Morgan fingerprint density at radius 2 is 1.78 bits per heavy atom. The Morgan fingerprint density at radius 3 is 2.41 bits per heavy atom.